The Hall–Kier alpha value is -3.92. The first kappa shape index (κ1) is 24.8. The molecule has 2 aliphatic rings. The molecular formula is C27H23F3N4O2S. The van der Waals surface area contributed by atoms with E-state index in [4.69, 9.17) is 17.1 Å². The number of nitrogens with one attached hydrogen (secondary N) is 2. The first-order valence-electron chi connectivity index (χ1n) is 11.6. The Bertz CT molecular complexity index is 1380. The first-order valence-corrected chi connectivity index (χ1v) is 12.0. The molecule has 2 atom stereocenters. The maximum atomic E-state index is 12.4. The minimum Gasteiger partial charge on any atom is -0.406 e. The van der Waals surface area contributed by atoms with Crippen LogP contribution in [0.1, 0.15) is 39.5 Å². The van der Waals surface area contributed by atoms with Gasteiger partial charge >= 0.3 is 6.36 Å². The van der Waals surface area contributed by atoms with E-state index < -0.39 is 6.36 Å². The van der Waals surface area contributed by atoms with Crippen molar-refractivity contribution in [3.8, 4) is 5.75 Å². The molecular weight excluding hydrogens is 501 g/mol. The number of halogens is 3. The second-order valence-corrected chi connectivity index (χ2v) is 9.34. The van der Waals surface area contributed by atoms with Crippen LogP contribution in [0.5, 0.6) is 5.75 Å². The minimum atomic E-state index is -4.73. The van der Waals surface area contributed by atoms with Crippen LogP contribution in [-0.2, 0) is 11.3 Å². The molecule has 0 aromatic heterocycles. The van der Waals surface area contributed by atoms with Gasteiger partial charge in [0.2, 0.25) is 0 Å². The number of hydrogen-bond donors (Lipinski definition) is 2. The number of hydrazone groups is 1. The van der Waals surface area contributed by atoms with Crippen molar-refractivity contribution < 1.29 is 22.7 Å². The summed E-state index contributed by atoms with van der Waals surface area (Å²) in [6.07, 6.45) is -2.57. The van der Waals surface area contributed by atoms with Crippen LogP contribution in [0.3, 0.4) is 0 Å². The summed E-state index contributed by atoms with van der Waals surface area (Å²) in [6, 6.07) is 17.7. The summed E-state index contributed by atoms with van der Waals surface area (Å²) >= 11 is 5.37. The Morgan fingerprint density at radius 1 is 1.11 bits per heavy atom. The number of rotatable bonds is 5. The third-order valence-electron chi connectivity index (χ3n) is 6.38. The SMILES string of the molecule is Cc1cccc(C)c1NC(=S)N/N=C/c1ccc2c(c1)CC1C(c3ccc(OC(F)(F)F)cc3)=NOC21. The molecule has 0 bridgehead atoms. The Kier molecular flexibility index (Phi) is 6.59. The Morgan fingerprint density at radius 3 is 2.54 bits per heavy atom. The van der Waals surface area contributed by atoms with Crippen LogP contribution in [0, 0.1) is 19.8 Å². The van der Waals surface area contributed by atoms with Crippen molar-refractivity contribution in [2.75, 3.05) is 5.32 Å². The van der Waals surface area contributed by atoms with Gasteiger partial charge in [-0.05, 0) is 90.6 Å². The largest absolute Gasteiger partial charge is 0.573 e. The van der Waals surface area contributed by atoms with Crippen LogP contribution in [0.15, 0.2) is 70.9 Å². The number of aryl methyl sites for hydroxylation is 2. The highest BCUT2D eigenvalue weighted by atomic mass is 32.1. The molecule has 37 heavy (non-hydrogen) atoms. The standard InChI is InChI=1S/C27H23F3N4O2S/c1-15-4-3-5-16(2)23(15)32-26(37)33-31-14-17-6-11-21-19(12-17)13-22-24(34-36-25(21)22)18-7-9-20(10-8-18)35-27(28,29)30/h3-12,14,22,25H,13H2,1-2H3,(H2,32,33,37)/b31-14+. The minimum absolute atomic E-state index is 0.0242. The molecule has 3 aromatic carbocycles. The zero-order chi connectivity index (χ0) is 26.2. The fourth-order valence-electron chi connectivity index (χ4n) is 4.69. The van der Waals surface area contributed by atoms with Gasteiger partial charge in [0.15, 0.2) is 11.2 Å². The van der Waals surface area contributed by atoms with Crippen LogP contribution in [-0.4, -0.2) is 23.4 Å². The molecule has 0 amide bonds. The lowest BCUT2D eigenvalue weighted by Crippen LogP contribution is -2.24. The number of para-hydroxylation sites is 1. The van der Waals surface area contributed by atoms with Crippen LogP contribution in [0.25, 0.3) is 0 Å². The van der Waals surface area contributed by atoms with Gasteiger partial charge in [-0.3, -0.25) is 5.43 Å². The number of fused-ring (bicyclic) bond motifs is 3. The molecule has 10 heteroatoms. The fourth-order valence-corrected chi connectivity index (χ4v) is 4.84. The van der Waals surface area contributed by atoms with E-state index in [2.05, 4.69) is 25.7 Å². The van der Waals surface area contributed by atoms with Crippen molar-refractivity contribution in [1.29, 1.82) is 0 Å². The maximum absolute atomic E-state index is 12.4. The van der Waals surface area contributed by atoms with Gasteiger partial charge in [0, 0.05) is 11.3 Å². The maximum Gasteiger partial charge on any atom is 0.573 e. The molecule has 3 aromatic rings. The predicted octanol–water partition coefficient (Wildman–Crippen LogP) is 6.17. The van der Waals surface area contributed by atoms with Gasteiger partial charge in [-0.15, -0.1) is 13.2 Å². The molecule has 5 rings (SSSR count). The lowest BCUT2D eigenvalue weighted by Gasteiger charge is -2.12. The van der Waals surface area contributed by atoms with Crippen LogP contribution >= 0.6 is 12.2 Å². The van der Waals surface area contributed by atoms with E-state index in [-0.39, 0.29) is 17.8 Å². The van der Waals surface area contributed by atoms with Crippen molar-refractivity contribution >= 4 is 34.9 Å². The first-order chi connectivity index (χ1) is 17.7. The van der Waals surface area contributed by atoms with Crippen molar-refractivity contribution in [2.45, 2.75) is 32.7 Å². The Labute approximate surface area is 217 Å². The van der Waals surface area contributed by atoms with E-state index in [1.54, 1.807) is 18.3 Å². The molecule has 2 N–H and O–H groups in total. The van der Waals surface area contributed by atoms with Crippen molar-refractivity contribution in [1.82, 2.24) is 5.43 Å². The predicted molar refractivity (Wildman–Crippen MR) is 140 cm³/mol. The third-order valence-corrected chi connectivity index (χ3v) is 6.57. The summed E-state index contributed by atoms with van der Waals surface area (Å²) in [5.41, 5.74) is 10.4. The normalized spacial score (nSPS) is 18.1. The van der Waals surface area contributed by atoms with Gasteiger partial charge < -0.3 is 14.9 Å². The summed E-state index contributed by atoms with van der Waals surface area (Å²) < 4.78 is 41.3. The van der Waals surface area contributed by atoms with E-state index >= 15 is 0 Å². The second kappa shape index (κ2) is 9.85. The number of alkyl halides is 3. The highest BCUT2D eigenvalue weighted by Crippen LogP contribution is 2.45. The average molecular weight is 525 g/mol. The van der Waals surface area contributed by atoms with Crippen molar-refractivity contribution in [3.05, 3.63) is 94.0 Å². The van der Waals surface area contributed by atoms with Gasteiger partial charge in [0.05, 0.1) is 17.8 Å². The van der Waals surface area contributed by atoms with Crippen LogP contribution < -0.4 is 15.5 Å². The third kappa shape index (κ3) is 5.43. The average Bonchev–Trinajstić information content (AvgIpc) is 3.40. The summed E-state index contributed by atoms with van der Waals surface area (Å²) in [5, 5.41) is 12.1. The van der Waals surface area contributed by atoms with E-state index in [0.29, 0.717) is 22.8 Å². The molecule has 0 fully saturated rings. The van der Waals surface area contributed by atoms with Crippen LogP contribution in [0.2, 0.25) is 0 Å². The molecule has 6 nitrogen and oxygen atoms in total. The lowest BCUT2D eigenvalue weighted by molar-refractivity contribution is -0.274. The van der Waals surface area contributed by atoms with Crippen LogP contribution in [0.4, 0.5) is 18.9 Å². The molecule has 0 radical (unpaired) electrons. The fraction of sp³-hybridized carbons (Fsp3) is 0.222. The molecule has 0 saturated heterocycles. The van der Waals surface area contributed by atoms with Crippen molar-refractivity contribution in [3.63, 3.8) is 0 Å². The summed E-state index contributed by atoms with van der Waals surface area (Å²) in [5.74, 6) is -0.299. The summed E-state index contributed by atoms with van der Waals surface area (Å²) in [7, 11) is 0. The molecule has 1 heterocycles. The monoisotopic (exact) mass is 524 g/mol. The zero-order valence-corrected chi connectivity index (χ0v) is 20.8. The number of nitrogens with zero attached hydrogens (tertiary/aromatic N) is 2. The zero-order valence-electron chi connectivity index (χ0n) is 20.0. The molecule has 0 saturated carbocycles. The number of thiocarbonyl (C=S) groups is 1. The van der Waals surface area contributed by atoms with E-state index in [0.717, 1.165) is 33.5 Å². The molecule has 190 valence electrons. The van der Waals surface area contributed by atoms with Gasteiger partial charge in [-0.2, -0.15) is 5.10 Å². The van der Waals surface area contributed by atoms with Crippen molar-refractivity contribution in [2.24, 2.45) is 16.2 Å². The molecule has 0 spiro atoms. The smallest absolute Gasteiger partial charge is 0.406 e. The summed E-state index contributed by atoms with van der Waals surface area (Å²) in [6.45, 7) is 4.02. The molecule has 1 aliphatic carbocycles. The van der Waals surface area contributed by atoms with Gasteiger partial charge in [-0.1, -0.05) is 35.5 Å². The van der Waals surface area contributed by atoms with E-state index in [1.165, 1.54) is 12.1 Å². The van der Waals surface area contributed by atoms with Gasteiger partial charge in [-0.25, -0.2) is 0 Å². The summed E-state index contributed by atoms with van der Waals surface area (Å²) in [4.78, 5) is 5.71. The Balaban J connectivity index is 1.22. The van der Waals surface area contributed by atoms with E-state index in [1.807, 2.05) is 50.2 Å². The quantitative estimate of drug-likeness (QED) is 0.237. The Morgan fingerprint density at radius 2 is 1.84 bits per heavy atom. The number of ether oxygens (including phenoxy) is 1. The number of anilines is 1. The second-order valence-electron chi connectivity index (χ2n) is 8.93. The highest BCUT2D eigenvalue weighted by molar-refractivity contribution is 7.80. The van der Waals surface area contributed by atoms with Gasteiger partial charge in [0.25, 0.3) is 0 Å². The van der Waals surface area contributed by atoms with Gasteiger partial charge in [0.1, 0.15) is 5.75 Å². The molecule has 2 unspecified atom stereocenters. The topological polar surface area (TPSA) is 67.2 Å². The number of oxime groups is 1. The lowest BCUT2D eigenvalue weighted by atomic mass is 9.93. The number of hydrogen-bond acceptors (Lipinski definition) is 5. The highest BCUT2D eigenvalue weighted by Gasteiger charge is 2.42. The number of benzene rings is 3. The molecule has 1 aliphatic heterocycles. The van der Waals surface area contributed by atoms with E-state index in [9.17, 15) is 13.2 Å².